The van der Waals surface area contributed by atoms with Crippen LogP contribution in [-0.2, 0) is 32.8 Å². The summed E-state index contributed by atoms with van der Waals surface area (Å²) in [6, 6.07) is 14.7. The highest BCUT2D eigenvalue weighted by atomic mass is 32.2. The smallest absolute Gasteiger partial charge is 0.323 e. The Hall–Kier alpha value is -3.08. The third kappa shape index (κ3) is 5.13. The second-order valence-corrected chi connectivity index (χ2v) is 9.61. The minimum absolute atomic E-state index is 0.0200. The fraction of sp³-hybridized carbons (Fsp3) is 0.304. The number of carbonyl (C=O) groups excluding carboxylic acids is 1. The van der Waals surface area contributed by atoms with E-state index in [0.29, 0.717) is 11.4 Å². The summed E-state index contributed by atoms with van der Waals surface area (Å²) < 4.78 is 43.4. The maximum absolute atomic E-state index is 13.3. The molecule has 1 aromatic heterocycles. The first-order valence-electron chi connectivity index (χ1n) is 10.5. The molecule has 4 rings (SSSR count). The summed E-state index contributed by atoms with van der Waals surface area (Å²) in [6.07, 6.45) is 1.80. The number of aromatic nitrogens is 2. The molecule has 1 aliphatic rings. The fourth-order valence-electron chi connectivity index (χ4n) is 3.91. The van der Waals surface area contributed by atoms with E-state index >= 15 is 0 Å². The van der Waals surface area contributed by atoms with Crippen molar-refractivity contribution < 1.29 is 22.3 Å². The number of likely N-dealkylation sites (N-methyl/N-ethyl adjacent to an activating group) is 1. The molecule has 1 atom stereocenters. The maximum Gasteiger partial charge on any atom is 0.323 e. The van der Waals surface area contributed by atoms with Crippen LogP contribution in [0.4, 0.5) is 4.39 Å². The Morgan fingerprint density at radius 3 is 2.45 bits per heavy atom. The van der Waals surface area contributed by atoms with Gasteiger partial charge >= 0.3 is 5.97 Å². The van der Waals surface area contributed by atoms with E-state index in [0.717, 1.165) is 30.5 Å². The van der Waals surface area contributed by atoms with Crippen LogP contribution in [0.5, 0.6) is 0 Å². The number of rotatable bonds is 7. The molecule has 0 aliphatic carbocycles. The molecule has 33 heavy (non-hydrogen) atoms. The molecule has 10 heteroatoms. The summed E-state index contributed by atoms with van der Waals surface area (Å²) in [5, 5.41) is 9.45. The predicted molar refractivity (Wildman–Crippen MR) is 121 cm³/mol. The van der Waals surface area contributed by atoms with Crippen LogP contribution in [0.15, 0.2) is 59.5 Å². The maximum atomic E-state index is 13.3. The van der Waals surface area contributed by atoms with Crippen LogP contribution in [0, 0.1) is 0 Å². The highest BCUT2D eigenvalue weighted by Gasteiger charge is 2.29. The standard InChI is InChI=1S/C23H25FN4O4S/c1-27-12-2-3-21(27)23(29)32-15-16-4-6-17(7-5-16)22-13-18(14-24)26-28(22)19-8-10-20(11-9-19)33(25,30)31/h4-11,13,21H,2-3,12,14-15H2,1H3,(H2,25,30,31). The summed E-state index contributed by atoms with van der Waals surface area (Å²) in [5.41, 5.74) is 3.07. The van der Waals surface area contributed by atoms with E-state index in [1.54, 1.807) is 22.9 Å². The summed E-state index contributed by atoms with van der Waals surface area (Å²) >= 11 is 0. The van der Waals surface area contributed by atoms with Gasteiger partial charge in [-0.2, -0.15) is 5.10 Å². The lowest BCUT2D eigenvalue weighted by Crippen LogP contribution is -2.34. The van der Waals surface area contributed by atoms with Crippen LogP contribution in [0.1, 0.15) is 24.1 Å². The molecule has 0 saturated carbocycles. The van der Waals surface area contributed by atoms with Crippen molar-refractivity contribution in [2.45, 2.75) is 37.1 Å². The zero-order valence-electron chi connectivity index (χ0n) is 18.1. The average Bonchev–Trinajstić information content (AvgIpc) is 3.44. The van der Waals surface area contributed by atoms with Gasteiger partial charge in [0.2, 0.25) is 10.0 Å². The summed E-state index contributed by atoms with van der Waals surface area (Å²) in [5.74, 6) is -0.215. The van der Waals surface area contributed by atoms with Gasteiger partial charge in [-0.25, -0.2) is 22.6 Å². The number of hydrogen-bond donors (Lipinski definition) is 1. The molecule has 2 aromatic carbocycles. The van der Waals surface area contributed by atoms with Gasteiger partial charge in [0.25, 0.3) is 0 Å². The number of primary sulfonamides is 1. The van der Waals surface area contributed by atoms with Gasteiger partial charge in [-0.1, -0.05) is 24.3 Å². The van der Waals surface area contributed by atoms with Crippen molar-refractivity contribution in [3.63, 3.8) is 0 Å². The number of carbonyl (C=O) groups is 1. The van der Waals surface area contributed by atoms with Crippen molar-refractivity contribution in [3.05, 3.63) is 65.9 Å². The van der Waals surface area contributed by atoms with E-state index < -0.39 is 16.7 Å². The van der Waals surface area contributed by atoms with Crippen molar-refractivity contribution in [1.82, 2.24) is 14.7 Å². The number of likely N-dealkylation sites (tertiary alicyclic amines) is 1. The Balaban J connectivity index is 1.53. The van der Waals surface area contributed by atoms with Crippen LogP contribution in [-0.4, -0.2) is 48.7 Å². The second-order valence-electron chi connectivity index (χ2n) is 8.05. The molecule has 174 valence electrons. The predicted octanol–water partition coefficient (Wildman–Crippen LogP) is 2.79. The normalized spacial score (nSPS) is 16.8. The van der Waals surface area contributed by atoms with E-state index in [9.17, 15) is 17.6 Å². The van der Waals surface area contributed by atoms with Crippen LogP contribution >= 0.6 is 0 Å². The zero-order valence-corrected chi connectivity index (χ0v) is 19.0. The van der Waals surface area contributed by atoms with E-state index in [2.05, 4.69) is 5.10 Å². The number of nitrogens with zero attached hydrogens (tertiary/aromatic N) is 3. The number of halogens is 1. The first-order valence-corrected chi connectivity index (χ1v) is 12.1. The lowest BCUT2D eigenvalue weighted by atomic mass is 10.1. The lowest BCUT2D eigenvalue weighted by molar-refractivity contribution is -0.149. The van der Waals surface area contributed by atoms with E-state index in [1.807, 2.05) is 36.2 Å². The van der Waals surface area contributed by atoms with E-state index in [-0.39, 0.29) is 29.2 Å². The molecule has 1 aliphatic heterocycles. The molecule has 2 heterocycles. The van der Waals surface area contributed by atoms with Crippen LogP contribution in [0.2, 0.25) is 0 Å². The first-order chi connectivity index (χ1) is 15.8. The number of nitrogens with two attached hydrogens (primary N) is 1. The Labute approximate surface area is 191 Å². The van der Waals surface area contributed by atoms with Crippen LogP contribution in [0.25, 0.3) is 16.9 Å². The second kappa shape index (κ2) is 9.42. The quantitative estimate of drug-likeness (QED) is 0.530. The van der Waals surface area contributed by atoms with Gasteiger partial charge < -0.3 is 4.74 Å². The van der Waals surface area contributed by atoms with Gasteiger partial charge in [0.1, 0.15) is 19.3 Å². The Kier molecular flexibility index (Phi) is 6.59. The number of ether oxygens (including phenoxy) is 1. The van der Waals surface area contributed by atoms with E-state index in [4.69, 9.17) is 9.88 Å². The van der Waals surface area contributed by atoms with Crippen molar-refractivity contribution in [2.24, 2.45) is 5.14 Å². The Bertz CT molecular complexity index is 1240. The molecule has 0 bridgehead atoms. The fourth-order valence-corrected chi connectivity index (χ4v) is 4.42. The molecule has 0 radical (unpaired) electrons. The van der Waals surface area contributed by atoms with Crippen molar-refractivity contribution in [3.8, 4) is 16.9 Å². The average molecular weight is 473 g/mol. The number of alkyl halides is 1. The number of esters is 1. The largest absolute Gasteiger partial charge is 0.460 e. The van der Waals surface area contributed by atoms with Gasteiger partial charge in [-0.15, -0.1) is 0 Å². The molecule has 1 fully saturated rings. The summed E-state index contributed by atoms with van der Waals surface area (Å²) in [6.45, 7) is 0.333. The molecule has 3 aromatic rings. The highest BCUT2D eigenvalue weighted by Crippen LogP contribution is 2.26. The molecule has 1 unspecified atom stereocenters. The summed E-state index contributed by atoms with van der Waals surface area (Å²) in [4.78, 5) is 14.3. The molecular weight excluding hydrogens is 447 g/mol. The lowest BCUT2D eigenvalue weighted by Gasteiger charge is -2.17. The van der Waals surface area contributed by atoms with Crippen molar-refractivity contribution >= 4 is 16.0 Å². The third-order valence-corrected chi connectivity index (χ3v) is 6.66. The van der Waals surface area contributed by atoms with Crippen molar-refractivity contribution in [1.29, 1.82) is 0 Å². The molecule has 0 amide bonds. The molecule has 0 spiro atoms. The van der Waals surface area contributed by atoms with Gasteiger partial charge in [0.15, 0.2) is 0 Å². The SMILES string of the molecule is CN1CCCC1C(=O)OCc1ccc(-c2cc(CF)nn2-c2ccc(S(N)(=O)=O)cc2)cc1. The first kappa shape index (κ1) is 23.1. The number of sulfonamides is 1. The molecule has 8 nitrogen and oxygen atoms in total. The van der Waals surface area contributed by atoms with Gasteiger partial charge in [0.05, 0.1) is 22.0 Å². The topological polar surface area (TPSA) is 108 Å². The van der Waals surface area contributed by atoms with Crippen LogP contribution in [0.3, 0.4) is 0 Å². The Morgan fingerprint density at radius 2 is 1.88 bits per heavy atom. The van der Waals surface area contributed by atoms with Gasteiger partial charge in [-0.05, 0) is 62.3 Å². The van der Waals surface area contributed by atoms with Crippen molar-refractivity contribution in [2.75, 3.05) is 13.6 Å². The van der Waals surface area contributed by atoms with Gasteiger partial charge in [-0.3, -0.25) is 9.69 Å². The third-order valence-electron chi connectivity index (χ3n) is 5.73. The molecular formula is C23H25FN4O4S. The minimum Gasteiger partial charge on any atom is -0.460 e. The summed E-state index contributed by atoms with van der Waals surface area (Å²) in [7, 11) is -1.90. The van der Waals surface area contributed by atoms with Crippen LogP contribution < -0.4 is 5.14 Å². The number of benzene rings is 2. The Morgan fingerprint density at radius 1 is 1.18 bits per heavy atom. The monoisotopic (exact) mass is 472 g/mol. The minimum atomic E-state index is -3.82. The zero-order chi connectivity index (χ0) is 23.6. The molecule has 2 N–H and O–H groups in total. The molecule has 1 saturated heterocycles. The van der Waals surface area contributed by atoms with E-state index in [1.165, 1.54) is 12.1 Å². The highest BCUT2D eigenvalue weighted by molar-refractivity contribution is 7.89. The number of hydrogen-bond acceptors (Lipinski definition) is 6. The van der Waals surface area contributed by atoms with Gasteiger partial charge in [0, 0.05) is 5.56 Å².